The molecule has 1 N–H and O–H groups in total. The molecule has 1 unspecified atom stereocenters. The molecule has 1 amide bonds. The second-order valence-corrected chi connectivity index (χ2v) is 10.4. The van der Waals surface area contributed by atoms with E-state index in [1.807, 2.05) is 49.3 Å². The fourth-order valence-electron chi connectivity index (χ4n) is 4.54. The zero-order valence-corrected chi connectivity index (χ0v) is 22.0. The van der Waals surface area contributed by atoms with Gasteiger partial charge in [-0.2, -0.15) is 0 Å². The minimum atomic E-state index is -0.645. The van der Waals surface area contributed by atoms with Gasteiger partial charge < -0.3 is 19.6 Å². The molecule has 0 aliphatic carbocycles. The van der Waals surface area contributed by atoms with Crippen molar-refractivity contribution in [2.45, 2.75) is 58.4 Å². The van der Waals surface area contributed by atoms with E-state index in [0.29, 0.717) is 17.9 Å². The predicted octanol–water partition coefficient (Wildman–Crippen LogP) is 5.67. The number of carbonyl (C=O) groups is 2. The summed E-state index contributed by atoms with van der Waals surface area (Å²) in [6, 6.07) is 12.5. The van der Waals surface area contributed by atoms with Crippen molar-refractivity contribution in [2.75, 3.05) is 32.6 Å². The van der Waals surface area contributed by atoms with Crippen LogP contribution in [0.15, 0.2) is 48.0 Å². The first kappa shape index (κ1) is 26.3. The second-order valence-electron chi connectivity index (χ2n) is 10.4. The van der Waals surface area contributed by atoms with Crippen molar-refractivity contribution in [2.24, 2.45) is 0 Å². The van der Waals surface area contributed by atoms with Crippen molar-refractivity contribution in [1.29, 1.82) is 0 Å². The number of hydrogen-bond acceptors (Lipinski definition) is 5. The fraction of sp³-hybridized carbons (Fsp3) is 0.448. The van der Waals surface area contributed by atoms with Crippen LogP contribution in [0.1, 0.15) is 69.7 Å². The summed E-state index contributed by atoms with van der Waals surface area (Å²) in [7, 11) is 5.54. The number of Topliss-reactive ketones (excluding diaryl/α,β-unsaturated/α-hetero) is 1. The molecule has 1 atom stereocenters. The lowest BCUT2D eigenvalue weighted by Gasteiger charge is -2.26. The first-order valence-corrected chi connectivity index (χ1v) is 12.3. The number of likely N-dealkylation sites (tertiary alicyclic amines) is 1. The molecule has 1 aliphatic heterocycles. The maximum atomic E-state index is 13.3. The van der Waals surface area contributed by atoms with Gasteiger partial charge in [-0.1, -0.05) is 52.7 Å². The number of aliphatic hydroxyl groups is 1. The predicted molar refractivity (Wildman–Crippen MR) is 141 cm³/mol. The van der Waals surface area contributed by atoms with Crippen LogP contribution in [0, 0.1) is 0 Å². The monoisotopic (exact) mass is 478 g/mol. The van der Waals surface area contributed by atoms with Gasteiger partial charge in [0.05, 0.1) is 18.7 Å². The van der Waals surface area contributed by atoms with Crippen LogP contribution in [0.3, 0.4) is 0 Å². The molecule has 1 heterocycles. The summed E-state index contributed by atoms with van der Waals surface area (Å²) in [5.41, 5.74) is 3.12. The van der Waals surface area contributed by atoms with Crippen LogP contribution in [-0.4, -0.2) is 49.4 Å². The first-order valence-electron chi connectivity index (χ1n) is 12.3. The highest BCUT2D eigenvalue weighted by Crippen LogP contribution is 2.41. The second kappa shape index (κ2) is 10.5. The van der Waals surface area contributed by atoms with E-state index in [1.54, 1.807) is 24.1 Å². The van der Waals surface area contributed by atoms with E-state index in [-0.39, 0.29) is 16.7 Å². The molecule has 0 spiro atoms. The molecule has 188 valence electrons. The number of amides is 1. The van der Waals surface area contributed by atoms with Gasteiger partial charge in [-0.15, -0.1) is 0 Å². The average molecular weight is 479 g/mol. The molecule has 1 aliphatic rings. The number of carbonyl (C=O) groups excluding carboxylic acids is 2. The molecule has 0 radical (unpaired) electrons. The van der Waals surface area contributed by atoms with E-state index in [4.69, 9.17) is 4.74 Å². The Morgan fingerprint density at radius 3 is 2.26 bits per heavy atom. The van der Waals surface area contributed by atoms with Gasteiger partial charge in [-0.25, -0.2) is 0 Å². The number of aliphatic hydroxyl groups excluding tert-OH is 1. The number of unbranched alkanes of at least 4 members (excludes halogenated alkanes) is 2. The van der Waals surface area contributed by atoms with E-state index in [0.717, 1.165) is 36.1 Å². The third-order valence-electron chi connectivity index (χ3n) is 6.55. The number of nitrogens with zero attached hydrogens (tertiary/aromatic N) is 2. The topological polar surface area (TPSA) is 70.1 Å². The smallest absolute Gasteiger partial charge is 0.295 e. The van der Waals surface area contributed by atoms with Gasteiger partial charge in [0.25, 0.3) is 11.7 Å². The molecule has 3 rings (SSSR count). The Morgan fingerprint density at radius 1 is 1.06 bits per heavy atom. The molecule has 6 nitrogen and oxygen atoms in total. The van der Waals surface area contributed by atoms with Crippen molar-refractivity contribution in [3.8, 4) is 5.75 Å². The van der Waals surface area contributed by atoms with Gasteiger partial charge in [0.15, 0.2) is 0 Å². The number of ether oxygens (including phenoxy) is 1. The van der Waals surface area contributed by atoms with E-state index < -0.39 is 17.7 Å². The van der Waals surface area contributed by atoms with Crippen molar-refractivity contribution >= 4 is 23.1 Å². The average Bonchev–Trinajstić information content (AvgIpc) is 3.07. The van der Waals surface area contributed by atoms with E-state index in [1.165, 1.54) is 0 Å². The number of methoxy groups -OCH3 is 1. The Morgan fingerprint density at radius 2 is 1.71 bits per heavy atom. The van der Waals surface area contributed by atoms with Crippen LogP contribution in [0.5, 0.6) is 5.75 Å². The highest BCUT2D eigenvalue weighted by molar-refractivity contribution is 6.46. The molecule has 0 saturated carbocycles. The summed E-state index contributed by atoms with van der Waals surface area (Å²) in [6.45, 7) is 8.75. The summed E-state index contributed by atoms with van der Waals surface area (Å²) in [6.07, 6.45) is 2.77. The quantitative estimate of drug-likeness (QED) is 0.229. The summed E-state index contributed by atoms with van der Waals surface area (Å²) in [4.78, 5) is 30.0. The van der Waals surface area contributed by atoms with Crippen molar-refractivity contribution in [3.05, 3.63) is 64.7 Å². The number of rotatable bonds is 8. The van der Waals surface area contributed by atoms with E-state index >= 15 is 0 Å². The number of hydrogen-bond donors (Lipinski definition) is 1. The third kappa shape index (κ3) is 5.37. The number of benzene rings is 2. The Labute approximate surface area is 209 Å². The number of anilines is 1. The van der Waals surface area contributed by atoms with Crippen molar-refractivity contribution in [3.63, 3.8) is 0 Å². The Kier molecular flexibility index (Phi) is 7.93. The fourth-order valence-corrected chi connectivity index (χ4v) is 4.54. The highest BCUT2D eigenvalue weighted by atomic mass is 16.5. The lowest BCUT2D eigenvalue weighted by molar-refractivity contribution is -0.139. The van der Waals surface area contributed by atoms with Crippen LogP contribution in [0.2, 0.25) is 0 Å². The van der Waals surface area contributed by atoms with Crippen LogP contribution >= 0.6 is 0 Å². The van der Waals surface area contributed by atoms with Gasteiger partial charge in [0, 0.05) is 37.5 Å². The minimum Gasteiger partial charge on any atom is -0.507 e. The third-order valence-corrected chi connectivity index (χ3v) is 6.55. The molecule has 2 aromatic carbocycles. The Balaban J connectivity index is 2.17. The summed E-state index contributed by atoms with van der Waals surface area (Å²) >= 11 is 0. The van der Waals surface area contributed by atoms with E-state index in [2.05, 4.69) is 27.7 Å². The van der Waals surface area contributed by atoms with Crippen LogP contribution in [0.25, 0.3) is 5.76 Å². The first-order chi connectivity index (χ1) is 16.5. The molecule has 1 saturated heterocycles. The highest BCUT2D eigenvalue weighted by Gasteiger charge is 2.45. The van der Waals surface area contributed by atoms with Crippen LogP contribution < -0.4 is 9.64 Å². The largest absolute Gasteiger partial charge is 0.507 e. The summed E-state index contributed by atoms with van der Waals surface area (Å²) in [5, 5.41) is 11.5. The lowest BCUT2D eigenvalue weighted by Crippen LogP contribution is -2.30. The maximum absolute atomic E-state index is 13.3. The van der Waals surface area contributed by atoms with Gasteiger partial charge >= 0.3 is 0 Å². The summed E-state index contributed by atoms with van der Waals surface area (Å²) < 4.78 is 5.53. The van der Waals surface area contributed by atoms with E-state index in [9.17, 15) is 14.7 Å². The summed E-state index contributed by atoms with van der Waals surface area (Å²) in [5.74, 6) is -0.649. The molecule has 6 heteroatoms. The Hall–Kier alpha value is -3.28. The zero-order chi connectivity index (χ0) is 25.9. The molecular formula is C29H38N2O4. The van der Waals surface area contributed by atoms with Crippen LogP contribution in [-0.2, 0) is 15.0 Å². The van der Waals surface area contributed by atoms with Gasteiger partial charge in [-0.3, -0.25) is 9.59 Å². The normalized spacial score (nSPS) is 17.7. The molecular weight excluding hydrogens is 440 g/mol. The van der Waals surface area contributed by atoms with Crippen LogP contribution in [0.4, 0.5) is 5.69 Å². The molecule has 35 heavy (non-hydrogen) atoms. The Bertz CT molecular complexity index is 1110. The molecule has 1 fully saturated rings. The minimum absolute atomic E-state index is 0.133. The molecule has 0 aromatic heterocycles. The number of ketones is 1. The lowest BCUT2D eigenvalue weighted by atomic mass is 9.84. The van der Waals surface area contributed by atoms with Gasteiger partial charge in [0.1, 0.15) is 11.5 Å². The van der Waals surface area contributed by atoms with Crippen molar-refractivity contribution in [1.82, 2.24) is 4.90 Å². The SMILES string of the molecule is CCCCCN1C(=O)C(=O)/C(=C(\O)c2ccc(OC)c(C(C)(C)C)c2)C1c1ccc(N(C)C)cc1. The standard InChI is InChI=1S/C29H38N2O4/c1-8-9-10-17-31-25(19-11-14-21(15-12-19)30(5)6)24(27(33)28(31)34)26(32)20-13-16-23(35-7)22(18-20)29(2,3)4/h11-16,18,25,32H,8-10,17H2,1-7H3/b26-24-. The molecule has 2 aromatic rings. The molecule has 0 bridgehead atoms. The maximum Gasteiger partial charge on any atom is 0.295 e. The van der Waals surface area contributed by atoms with Crippen molar-refractivity contribution < 1.29 is 19.4 Å². The van der Waals surface area contributed by atoms with Gasteiger partial charge in [0.2, 0.25) is 0 Å². The zero-order valence-electron chi connectivity index (χ0n) is 22.0. The van der Waals surface area contributed by atoms with Gasteiger partial charge in [-0.05, 0) is 47.7 Å².